The Balaban J connectivity index is 1.92. The number of ether oxygens (including phenoxy) is 1. The van der Waals surface area contributed by atoms with E-state index in [1.54, 1.807) is 9.80 Å². The van der Waals surface area contributed by atoms with Gasteiger partial charge in [0.05, 0.1) is 31.3 Å². The van der Waals surface area contributed by atoms with Crippen molar-refractivity contribution in [3.05, 3.63) is 0 Å². The average Bonchev–Trinajstić information content (AvgIpc) is 2.54. The molecule has 0 aromatic rings. The molecule has 1 atom stereocenters. The second-order valence-electron chi connectivity index (χ2n) is 5.83. The summed E-state index contributed by atoms with van der Waals surface area (Å²) < 4.78 is 5.34. The molecule has 0 spiro atoms. The summed E-state index contributed by atoms with van der Waals surface area (Å²) >= 11 is 0. The lowest BCUT2D eigenvalue weighted by molar-refractivity contribution is -0.152. The van der Waals surface area contributed by atoms with Crippen LogP contribution in [0.15, 0.2) is 0 Å². The zero-order valence-corrected chi connectivity index (χ0v) is 12.5. The van der Waals surface area contributed by atoms with E-state index in [2.05, 4.69) is 0 Å². The van der Waals surface area contributed by atoms with Crippen molar-refractivity contribution in [1.82, 2.24) is 9.80 Å². The maximum absolute atomic E-state index is 12.5. The summed E-state index contributed by atoms with van der Waals surface area (Å²) in [6.07, 6.45) is 1.27. The molecule has 0 bridgehead atoms. The Morgan fingerprint density at radius 2 is 1.90 bits per heavy atom. The SMILES string of the molecule is CCC1(C(=O)O)CCN(C(=O)N2CCOC(CO)C2)CC1. The number of hydrogen-bond acceptors (Lipinski definition) is 4. The Bertz CT molecular complexity index is 393. The molecule has 7 nitrogen and oxygen atoms in total. The predicted molar refractivity (Wildman–Crippen MR) is 75.0 cm³/mol. The van der Waals surface area contributed by atoms with Gasteiger partial charge in [-0.1, -0.05) is 6.92 Å². The third-order valence-corrected chi connectivity index (χ3v) is 4.73. The third kappa shape index (κ3) is 3.29. The highest BCUT2D eigenvalue weighted by molar-refractivity contribution is 5.77. The van der Waals surface area contributed by atoms with Crippen molar-refractivity contribution < 1.29 is 24.5 Å². The fraction of sp³-hybridized carbons (Fsp3) is 0.857. The second-order valence-corrected chi connectivity index (χ2v) is 5.83. The third-order valence-electron chi connectivity index (χ3n) is 4.73. The van der Waals surface area contributed by atoms with Crippen LogP contribution in [0.5, 0.6) is 0 Å². The van der Waals surface area contributed by atoms with Crippen molar-refractivity contribution in [1.29, 1.82) is 0 Å². The number of rotatable bonds is 3. The number of aliphatic hydroxyl groups excluding tert-OH is 1. The summed E-state index contributed by atoms with van der Waals surface area (Å²) in [5, 5.41) is 18.5. The van der Waals surface area contributed by atoms with E-state index in [0.29, 0.717) is 52.0 Å². The Kier molecular flexibility index (Phi) is 5.05. The molecule has 0 aliphatic carbocycles. The van der Waals surface area contributed by atoms with E-state index in [9.17, 15) is 14.7 Å². The first-order valence-corrected chi connectivity index (χ1v) is 7.52. The Labute approximate surface area is 124 Å². The molecule has 2 saturated heterocycles. The van der Waals surface area contributed by atoms with Crippen molar-refractivity contribution in [2.75, 3.05) is 39.4 Å². The largest absolute Gasteiger partial charge is 0.481 e. The fourth-order valence-electron chi connectivity index (χ4n) is 3.05. The number of morpholine rings is 1. The number of hydrogen-bond donors (Lipinski definition) is 2. The number of carbonyl (C=O) groups is 2. The Morgan fingerprint density at radius 3 is 2.43 bits per heavy atom. The van der Waals surface area contributed by atoms with Gasteiger partial charge in [0, 0.05) is 19.6 Å². The molecule has 2 aliphatic rings. The summed E-state index contributed by atoms with van der Waals surface area (Å²) in [6.45, 7) is 4.08. The molecule has 0 saturated carbocycles. The molecule has 2 amide bonds. The van der Waals surface area contributed by atoms with E-state index in [-0.39, 0.29) is 18.7 Å². The van der Waals surface area contributed by atoms with Gasteiger partial charge in [0.15, 0.2) is 0 Å². The highest BCUT2D eigenvalue weighted by atomic mass is 16.5. The number of urea groups is 1. The van der Waals surface area contributed by atoms with Gasteiger partial charge in [0.1, 0.15) is 0 Å². The molecule has 7 heteroatoms. The van der Waals surface area contributed by atoms with E-state index in [4.69, 9.17) is 9.84 Å². The minimum atomic E-state index is -0.760. The zero-order chi connectivity index (χ0) is 15.5. The molecule has 2 rings (SSSR count). The molecule has 1 unspecified atom stereocenters. The quantitative estimate of drug-likeness (QED) is 0.786. The van der Waals surface area contributed by atoms with E-state index in [1.165, 1.54) is 0 Å². The fourth-order valence-corrected chi connectivity index (χ4v) is 3.05. The van der Waals surface area contributed by atoms with Crippen LogP contribution in [0, 0.1) is 5.41 Å². The second kappa shape index (κ2) is 6.62. The summed E-state index contributed by atoms with van der Waals surface area (Å²) in [4.78, 5) is 27.3. The minimum Gasteiger partial charge on any atom is -0.481 e. The van der Waals surface area contributed by atoms with Crippen LogP contribution in [-0.2, 0) is 9.53 Å². The normalized spacial score (nSPS) is 25.7. The first kappa shape index (κ1) is 16.0. The first-order valence-electron chi connectivity index (χ1n) is 7.52. The number of aliphatic carboxylic acids is 1. The Morgan fingerprint density at radius 1 is 1.24 bits per heavy atom. The number of nitrogens with zero attached hydrogens (tertiary/aromatic N) is 2. The molecule has 2 N–H and O–H groups in total. The van der Waals surface area contributed by atoms with Gasteiger partial charge in [-0.25, -0.2) is 4.79 Å². The summed E-state index contributed by atoms with van der Waals surface area (Å²) in [5.41, 5.74) is -0.685. The molecule has 21 heavy (non-hydrogen) atoms. The van der Waals surface area contributed by atoms with Gasteiger partial charge in [-0.05, 0) is 19.3 Å². The first-order chi connectivity index (χ1) is 10.0. The van der Waals surface area contributed by atoms with Gasteiger partial charge in [0.25, 0.3) is 0 Å². The molecule has 0 aromatic carbocycles. The lowest BCUT2D eigenvalue weighted by Crippen LogP contribution is -2.55. The number of amides is 2. The van der Waals surface area contributed by atoms with Crippen LogP contribution in [0.1, 0.15) is 26.2 Å². The molecule has 0 aromatic heterocycles. The van der Waals surface area contributed by atoms with Crippen molar-refractivity contribution in [3.63, 3.8) is 0 Å². The summed E-state index contributed by atoms with van der Waals surface area (Å²) in [5.74, 6) is -0.760. The molecular weight excluding hydrogens is 276 g/mol. The van der Waals surface area contributed by atoms with Gasteiger partial charge in [0.2, 0.25) is 0 Å². The van der Waals surface area contributed by atoms with Gasteiger partial charge in [-0.3, -0.25) is 4.79 Å². The monoisotopic (exact) mass is 300 g/mol. The Hall–Kier alpha value is -1.34. The number of aliphatic hydroxyl groups is 1. The number of carboxylic acids is 1. The number of carboxylic acid groups (broad SMARTS) is 1. The van der Waals surface area contributed by atoms with Crippen LogP contribution < -0.4 is 0 Å². The zero-order valence-electron chi connectivity index (χ0n) is 12.5. The number of likely N-dealkylation sites (tertiary alicyclic amines) is 1. The molecule has 2 fully saturated rings. The smallest absolute Gasteiger partial charge is 0.320 e. The molecule has 2 aliphatic heterocycles. The lowest BCUT2D eigenvalue weighted by Gasteiger charge is -2.41. The highest BCUT2D eigenvalue weighted by Crippen LogP contribution is 2.35. The molecule has 120 valence electrons. The molecular formula is C14H24N2O5. The van der Waals surface area contributed by atoms with Crippen molar-refractivity contribution >= 4 is 12.0 Å². The number of carbonyl (C=O) groups excluding carboxylic acids is 1. The van der Waals surface area contributed by atoms with Crippen molar-refractivity contribution in [2.45, 2.75) is 32.3 Å². The number of piperidine rings is 1. The predicted octanol–water partition coefficient (Wildman–Crippen LogP) is 0.376. The van der Waals surface area contributed by atoms with Gasteiger partial charge in [-0.15, -0.1) is 0 Å². The van der Waals surface area contributed by atoms with Crippen LogP contribution in [0.4, 0.5) is 4.79 Å². The van der Waals surface area contributed by atoms with Crippen LogP contribution >= 0.6 is 0 Å². The maximum atomic E-state index is 12.5. The van der Waals surface area contributed by atoms with E-state index in [1.807, 2.05) is 6.92 Å². The van der Waals surface area contributed by atoms with E-state index < -0.39 is 11.4 Å². The maximum Gasteiger partial charge on any atom is 0.320 e. The van der Waals surface area contributed by atoms with E-state index in [0.717, 1.165) is 0 Å². The van der Waals surface area contributed by atoms with Crippen molar-refractivity contribution in [3.8, 4) is 0 Å². The van der Waals surface area contributed by atoms with Crippen LogP contribution in [0.3, 0.4) is 0 Å². The highest BCUT2D eigenvalue weighted by Gasteiger charge is 2.41. The van der Waals surface area contributed by atoms with Gasteiger partial charge in [-0.2, -0.15) is 0 Å². The van der Waals surface area contributed by atoms with Gasteiger partial charge < -0.3 is 24.7 Å². The van der Waals surface area contributed by atoms with Crippen LogP contribution in [0.25, 0.3) is 0 Å². The molecule has 0 radical (unpaired) electrons. The average molecular weight is 300 g/mol. The molecule has 2 heterocycles. The summed E-state index contributed by atoms with van der Waals surface area (Å²) in [7, 11) is 0. The van der Waals surface area contributed by atoms with Crippen molar-refractivity contribution in [2.24, 2.45) is 5.41 Å². The standard InChI is InChI=1S/C14H24N2O5/c1-2-14(12(18)19)3-5-15(6-4-14)13(20)16-7-8-21-11(9-16)10-17/h11,17H,2-10H2,1H3,(H,18,19). The summed E-state index contributed by atoms with van der Waals surface area (Å²) in [6, 6.07) is -0.0770. The topological polar surface area (TPSA) is 90.3 Å². The van der Waals surface area contributed by atoms with E-state index >= 15 is 0 Å². The van der Waals surface area contributed by atoms with Gasteiger partial charge >= 0.3 is 12.0 Å². The lowest BCUT2D eigenvalue weighted by atomic mass is 9.76. The minimum absolute atomic E-state index is 0.0770. The van der Waals surface area contributed by atoms with Crippen LogP contribution in [0.2, 0.25) is 0 Å². The van der Waals surface area contributed by atoms with Crippen LogP contribution in [-0.4, -0.2) is 77.5 Å².